The quantitative estimate of drug-likeness (QED) is 0.207. The number of ether oxygens (including phenoxy) is 1. The zero-order chi connectivity index (χ0) is 29.8. The molecule has 1 heterocycles. The van der Waals surface area contributed by atoms with E-state index >= 15 is 4.39 Å². The van der Waals surface area contributed by atoms with Crippen LogP contribution in [0, 0.1) is 31.0 Å². The molecule has 0 bridgehead atoms. The van der Waals surface area contributed by atoms with E-state index in [0.29, 0.717) is 5.69 Å². The van der Waals surface area contributed by atoms with Crippen LogP contribution in [0.5, 0.6) is 11.5 Å². The maximum Gasteiger partial charge on any atom is 0.490 e. The number of aromatic nitrogens is 1. The minimum Gasteiger partial charge on any atom is -0.475 e. The van der Waals surface area contributed by atoms with Gasteiger partial charge in [-0.25, -0.2) is 9.18 Å². The third-order valence-electron chi connectivity index (χ3n) is 5.47. The van der Waals surface area contributed by atoms with Crippen molar-refractivity contribution in [3.8, 4) is 17.6 Å². The second kappa shape index (κ2) is 12.3. The molecule has 0 saturated carbocycles. The molecule has 0 fully saturated rings. The zero-order valence-corrected chi connectivity index (χ0v) is 22.2. The van der Waals surface area contributed by atoms with Crippen molar-refractivity contribution in [1.82, 2.24) is 10.3 Å². The zero-order valence-electron chi connectivity index (χ0n) is 20.7. The minimum absolute atomic E-state index is 0.0443. The average Bonchev–Trinajstić information content (AvgIpc) is 3.21. The van der Waals surface area contributed by atoms with Gasteiger partial charge in [0, 0.05) is 28.0 Å². The van der Waals surface area contributed by atoms with Crippen molar-refractivity contribution in [1.29, 1.82) is 5.26 Å². The summed E-state index contributed by atoms with van der Waals surface area (Å²) >= 11 is 12.1. The van der Waals surface area contributed by atoms with Crippen LogP contribution >= 0.6 is 23.2 Å². The maximum absolute atomic E-state index is 15.2. The smallest absolute Gasteiger partial charge is 0.475 e. The van der Waals surface area contributed by atoms with Gasteiger partial charge >= 0.3 is 12.1 Å². The standard InChI is InChI=1S/C25H18Cl2FN3O2.C2HF3O2/c1-13-3-6-21-19(7-13)14(2)23(31-21)25(32)30-12-16-4-5-20(27)24(22(16)28)33-18-9-15(11-29)8-17(26)10-18;3-2(4,5)1(6)7/h3-10,31H,12H2,1-2H3,(H,30,32);(H,6,7). The lowest BCUT2D eigenvalue weighted by Gasteiger charge is -2.13. The number of aliphatic carboxylic acids is 1. The van der Waals surface area contributed by atoms with Gasteiger partial charge in [-0.1, -0.05) is 40.9 Å². The van der Waals surface area contributed by atoms with Crippen molar-refractivity contribution in [2.24, 2.45) is 0 Å². The van der Waals surface area contributed by atoms with Crippen molar-refractivity contribution in [2.75, 3.05) is 0 Å². The van der Waals surface area contributed by atoms with Gasteiger partial charge in [-0.15, -0.1) is 0 Å². The molecule has 4 aromatic rings. The number of alkyl halides is 3. The number of H-pyrrole nitrogens is 1. The maximum atomic E-state index is 15.2. The van der Waals surface area contributed by atoms with Gasteiger partial charge in [0.2, 0.25) is 0 Å². The molecular weight excluding hydrogens is 577 g/mol. The summed E-state index contributed by atoms with van der Waals surface area (Å²) in [6.07, 6.45) is -5.08. The lowest BCUT2D eigenvalue weighted by molar-refractivity contribution is -0.192. The first-order valence-electron chi connectivity index (χ1n) is 11.2. The molecule has 208 valence electrons. The number of halogens is 6. The highest BCUT2D eigenvalue weighted by molar-refractivity contribution is 6.32. The van der Waals surface area contributed by atoms with Crippen LogP contribution < -0.4 is 10.1 Å². The number of fused-ring (bicyclic) bond motifs is 1. The number of carbonyl (C=O) groups is 2. The van der Waals surface area contributed by atoms with Crippen molar-refractivity contribution >= 4 is 46.0 Å². The Balaban J connectivity index is 0.000000559. The molecule has 13 heteroatoms. The van der Waals surface area contributed by atoms with E-state index in [1.54, 1.807) is 0 Å². The van der Waals surface area contributed by atoms with Gasteiger partial charge in [-0.3, -0.25) is 4.79 Å². The number of hydrogen-bond acceptors (Lipinski definition) is 4. The lowest BCUT2D eigenvalue weighted by atomic mass is 10.1. The Labute approximate surface area is 234 Å². The van der Waals surface area contributed by atoms with E-state index in [4.69, 9.17) is 43.1 Å². The fourth-order valence-corrected chi connectivity index (χ4v) is 3.95. The molecule has 1 aromatic heterocycles. The van der Waals surface area contributed by atoms with Gasteiger partial charge in [0.15, 0.2) is 11.6 Å². The van der Waals surface area contributed by atoms with Crippen molar-refractivity contribution in [3.63, 3.8) is 0 Å². The number of nitriles is 1. The Kier molecular flexibility index (Phi) is 9.29. The number of nitrogens with one attached hydrogen (secondary N) is 2. The molecule has 40 heavy (non-hydrogen) atoms. The predicted octanol–water partition coefficient (Wildman–Crippen LogP) is 7.46. The van der Waals surface area contributed by atoms with Crippen LogP contribution in [0.3, 0.4) is 0 Å². The Hall–Kier alpha value is -4.27. The van der Waals surface area contributed by atoms with E-state index in [1.165, 1.54) is 30.3 Å². The number of aryl methyl sites for hydroxylation is 2. The molecule has 3 aromatic carbocycles. The average molecular weight is 596 g/mol. The molecule has 0 atom stereocenters. The lowest BCUT2D eigenvalue weighted by Crippen LogP contribution is -2.24. The summed E-state index contributed by atoms with van der Waals surface area (Å²) in [7, 11) is 0. The van der Waals surface area contributed by atoms with Gasteiger partial charge in [0.1, 0.15) is 11.4 Å². The van der Waals surface area contributed by atoms with Crippen LogP contribution in [0.1, 0.15) is 32.7 Å². The summed E-state index contributed by atoms with van der Waals surface area (Å²) in [5.41, 5.74) is 3.64. The Morgan fingerprint density at radius 1 is 1.10 bits per heavy atom. The summed E-state index contributed by atoms with van der Waals surface area (Å²) in [6, 6.07) is 15.1. The first kappa shape index (κ1) is 30.3. The number of carbonyl (C=O) groups excluding carboxylic acids is 1. The molecule has 0 aliphatic rings. The largest absolute Gasteiger partial charge is 0.490 e. The molecule has 0 aliphatic carbocycles. The number of aromatic amines is 1. The number of carboxylic acid groups (broad SMARTS) is 1. The Bertz CT molecular complexity index is 1650. The first-order chi connectivity index (χ1) is 18.7. The van der Waals surface area contributed by atoms with E-state index in [0.717, 1.165) is 22.0 Å². The number of benzene rings is 3. The summed E-state index contributed by atoms with van der Waals surface area (Å²) in [5, 5.41) is 20.2. The highest BCUT2D eigenvalue weighted by Crippen LogP contribution is 2.35. The molecule has 0 aliphatic heterocycles. The van der Waals surface area contributed by atoms with Crippen molar-refractivity contribution in [3.05, 3.63) is 92.3 Å². The van der Waals surface area contributed by atoms with Crippen LogP contribution in [0.4, 0.5) is 17.6 Å². The number of rotatable bonds is 5. The monoisotopic (exact) mass is 595 g/mol. The number of carboxylic acids is 1. The van der Waals surface area contributed by atoms with E-state index in [2.05, 4.69) is 10.3 Å². The fraction of sp³-hybridized carbons (Fsp3) is 0.148. The molecule has 0 saturated heterocycles. The second-order valence-corrected chi connectivity index (χ2v) is 9.24. The summed E-state index contributed by atoms with van der Waals surface area (Å²) in [5.74, 6) is -3.87. The third kappa shape index (κ3) is 7.22. The van der Waals surface area contributed by atoms with Crippen LogP contribution in [0.15, 0.2) is 48.5 Å². The van der Waals surface area contributed by atoms with Crippen LogP contribution in [-0.4, -0.2) is 28.1 Å². The Morgan fingerprint density at radius 3 is 2.40 bits per heavy atom. The van der Waals surface area contributed by atoms with Crippen molar-refractivity contribution < 1.29 is 37.0 Å². The fourth-order valence-electron chi connectivity index (χ4n) is 3.54. The summed E-state index contributed by atoms with van der Waals surface area (Å²) < 4.78 is 52.5. The van der Waals surface area contributed by atoms with Gasteiger partial charge < -0.3 is 20.1 Å². The first-order valence-corrected chi connectivity index (χ1v) is 12.0. The second-order valence-electron chi connectivity index (χ2n) is 8.40. The molecule has 0 unspecified atom stereocenters. The molecule has 4 rings (SSSR count). The van der Waals surface area contributed by atoms with Gasteiger partial charge in [0.05, 0.1) is 16.7 Å². The normalized spacial score (nSPS) is 10.9. The van der Waals surface area contributed by atoms with Gasteiger partial charge in [-0.2, -0.15) is 18.4 Å². The highest BCUT2D eigenvalue weighted by atomic mass is 35.5. The van der Waals surface area contributed by atoms with Crippen LogP contribution in [0.25, 0.3) is 10.9 Å². The highest BCUT2D eigenvalue weighted by Gasteiger charge is 2.38. The van der Waals surface area contributed by atoms with Gasteiger partial charge in [-0.05, 0) is 55.8 Å². The molecule has 7 nitrogen and oxygen atoms in total. The summed E-state index contributed by atoms with van der Waals surface area (Å²) in [6.45, 7) is 3.77. The summed E-state index contributed by atoms with van der Waals surface area (Å²) in [4.78, 5) is 24.8. The SMILES string of the molecule is Cc1ccc2[nH]c(C(=O)NCc3ccc(Cl)c(Oc4cc(Cl)cc(C#N)c4)c3F)c(C)c2c1.O=C(O)C(F)(F)F. The topological polar surface area (TPSA) is 115 Å². The van der Waals surface area contributed by atoms with Crippen molar-refractivity contribution in [2.45, 2.75) is 26.6 Å². The molecule has 0 radical (unpaired) electrons. The number of amides is 1. The number of hydrogen-bond donors (Lipinski definition) is 3. The predicted molar refractivity (Wildman–Crippen MR) is 140 cm³/mol. The molecule has 1 amide bonds. The van der Waals surface area contributed by atoms with E-state index < -0.39 is 18.0 Å². The molecule has 0 spiro atoms. The number of nitrogens with zero attached hydrogens (tertiary/aromatic N) is 1. The van der Waals surface area contributed by atoms with E-state index in [9.17, 15) is 18.0 Å². The Morgan fingerprint density at radius 2 is 1.77 bits per heavy atom. The van der Waals surface area contributed by atoms with Crippen LogP contribution in [0.2, 0.25) is 10.0 Å². The molecule has 3 N–H and O–H groups in total. The van der Waals surface area contributed by atoms with E-state index in [1.807, 2.05) is 38.1 Å². The third-order valence-corrected chi connectivity index (χ3v) is 5.99. The van der Waals surface area contributed by atoms with Gasteiger partial charge in [0.25, 0.3) is 5.91 Å². The minimum atomic E-state index is -5.08. The van der Waals surface area contributed by atoms with E-state index in [-0.39, 0.29) is 45.1 Å². The van der Waals surface area contributed by atoms with Crippen LogP contribution in [-0.2, 0) is 11.3 Å². The molecular formula is C27H19Cl2F4N3O4.